The summed E-state index contributed by atoms with van der Waals surface area (Å²) in [6, 6.07) is 2.39. The normalized spacial score (nSPS) is 21.3. The van der Waals surface area contributed by atoms with Crippen LogP contribution in [0.2, 0.25) is 0 Å². The summed E-state index contributed by atoms with van der Waals surface area (Å²) in [5, 5.41) is 2.87. The van der Waals surface area contributed by atoms with Crippen LogP contribution in [0, 0.1) is 5.92 Å². The van der Waals surface area contributed by atoms with Crippen LogP contribution < -0.4 is 15.8 Å². The van der Waals surface area contributed by atoms with Crippen molar-refractivity contribution in [3.05, 3.63) is 53.3 Å². The van der Waals surface area contributed by atoms with Crippen LogP contribution in [-0.4, -0.2) is 73.6 Å². The van der Waals surface area contributed by atoms with E-state index in [-0.39, 0.29) is 29.3 Å². The minimum atomic E-state index is -4.58. The number of amides is 1. The molecule has 1 fully saturated rings. The van der Waals surface area contributed by atoms with Crippen molar-refractivity contribution in [3.8, 4) is 5.75 Å². The first kappa shape index (κ1) is 31.4. The summed E-state index contributed by atoms with van der Waals surface area (Å²) in [4.78, 5) is 26.5. The maximum Gasteiger partial charge on any atom is 0.417 e. The van der Waals surface area contributed by atoms with Crippen LogP contribution in [0.5, 0.6) is 5.75 Å². The number of carbonyl (C=O) groups excluding carboxylic acids is 1. The molecule has 1 saturated heterocycles. The minimum Gasteiger partial charge on any atom is -0.495 e. The van der Waals surface area contributed by atoms with Gasteiger partial charge < -0.3 is 20.7 Å². The highest BCUT2D eigenvalue weighted by molar-refractivity contribution is 6.18. The van der Waals surface area contributed by atoms with E-state index in [0.29, 0.717) is 12.0 Å². The highest BCUT2D eigenvalue weighted by atomic mass is 19.4. The van der Waals surface area contributed by atoms with E-state index >= 15 is 0 Å². The molecule has 2 atom stereocenters. The average Bonchev–Trinajstić information content (AvgIpc) is 2.88. The van der Waals surface area contributed by atoms with Crippen molar-refractivity contribution in [3.63, 3.8) is 0 Å². The predicted octanol–water partition coefficient (Wildman–Crippen LogP) is 4.36. The molecule has 39 heavy (non-hydrogen) atoms. The third-order valence-corrected chi connectivity index (χ3v) is 6.11. The molecule has 0 saturated carbocycles. The predicted molar refractivity (Wildman–Crippen MR) is 141 cm³/mol. The van der Waals surface area contributed by atoms with Crippen molar-refractivity contribution in [2.75, 3.05) is 27.2 Å². The van der Waals surface area contributed by atoms with Crippen molar-refractivity contribution < 1.29 is 31.5 Å². The van der Waals surface area contributed by atoms with Gasteiger partial charge in [0.1, 0.15) is 17.3 Å². The summed E-state index contributed by atoms with van der Waals surface area (Å²) in [6.07, 6.45) is 0.653. The quantitative estimate of drug-likeness (QED) is 0.267. The number of hydrogen-bond donors (Lipinski definition) is 2. The number of likely N-dealkylation sites (tertiary alicyclic amines) is 1. The van der Waals surface area contributed by atoms with Gasteiger partial charge in [0.15, 0.2) is 0 Å². The Kier molecular flexibility index (Phi) is 10.8. The molecule has 0 spiro atoms. The lowest BCUT2D eigenvalue weighted by Gasteiger charge is -2.43. The molecule has 13 heteroatoms. The summed E-state index contributed by atoms with van der Waals surface area (Å²) in [5.74, 6) is -4.15. The number of halogens is 5. The highest BCUT2D eigenvalue weighted by Crippen LogP contribution is 2.35. The Morgan fingerprint density at radius 2 is 1.97 bits per heavy atom. The number of aliphatic imine (C=N–C) groups is 2. The lowest BCUT2D eigenvalue weighted by molar-refractivity contribution is -0.148. The van der Waals surface area contributed by atoms with Crippen LogP contribution in [0.15, 0.2) is 57.6 Å². The Morgan fingerprint density at radius 3 is 2.49 bits per heavy atom. The van der Waals surface area contributed by atoms with Gasteiger partial charge in [0.2, 0.25) is 0 Å². The SMILES string of the molecule is C\C=C(/N=C\C(=C/C)C(F)(F)F)NCC1C(C)CC(F)(F)CN1C(=O)C(N)=C(C=NC)c1ccc(OC)cn1. The second-order valence-electron chi connectivity index (χ2n) is 8.89. The number of allylic oxidation sites excluding steroid dienone is 4. The zero-order valence-corrected chi connectivity index (χ0v) is 22.4. The van der Waals surface area contributed by atoms with Gasteiger partial charge in [-0.2, -0.15) is 13.2 Å². The maximum absolute atomic E-state index is 14.6. The number of carbonyl (C=O) groups is 1. The molecule has 1 amide bonds. The number of pyridine rings is 1. The van der Waals surface area contributed by atoms with Crippen molar-refractivity contribution in [1.29, 1.82) is 0 Å². The number of piperidine rings is 1. The molecule has 2 rings (SSSR count). The molecule has 3 N–H and O–H groups in total. The van der Waals surface area contributed by atoms with Gasteiger partial charge in [0.05, 0.1) is 37.2 Å². The summed E-state index contributed by atoms with van der Waals surface area (Å²) in [7, 11) is 2.92. The molecule has 8 nitrogen and oxygen atoms in total. The lowest BCUT2D eigenvalue weighted by Crippen LogP contribution is -2.59. The average molecular weight is 557 g/mol. The molecule has 0 radical (unpaired) electrons. The Balaban J connectivity index is 2.38. The summed E-state index contributed by atoms with van der Waals surface area (Å²) in [6.45, 7) is 3.42. The van der Waals surface area contributed by atoms with E-state index in [2.05, 4.69) is 20.3 Å². The highest BCUT2D eigenvalue weighted by Gasteiger charge is 2.46. The number of nitrogens with one attached hydrogen (secondary N) is 1. The van der Waals surface area contributed by atoms with Crippen LogP contribution in [0.4, 0.5) is 22.0 Å². The number of alkyl halides is 5. The molecule has 2 heterocycles. The lowest BCUT2D eigenvalue weighted by atomic mass is 9.88. The fourth-order valence-corrected chi connectivity index (χ4v) is 4.09. The number of nitrogens with two attached hydrogens (primary N) is 1. The number of methoxy groups -OCH3 is 1. The molecular weight excluding hydrogens is 523 g/mol. The standard InChI is InChI=1S/C26H33F5N6O2/c1-6-17(26(29,30)31)11-35-22(7-2)36-14-21-16(3)10-25(27,28)15-37(21)24(38)23(32)19(13-33-4)20-9-8-18(39-5)12-34-20/h6-9,11-13,16,21,36H,10,14-15,32H2,1-5H3/b17-6+,22-7+,23-19?,33-13?,35-11-. The van der Waals surface area contributed by atoms with Gasteiger partial charge in [0, 0.05) is 38.0 Å². The Labute approximate surface area is 224 Å². The number of nitrogens with zero attached hydrogens (tertiary/aromatic N) is 4. The fraction of sp³-hybridized carbons (Fsp3) is 0.462. The molecule has 1 aliphatic rings. The molecule has 0 bridgehead atoms. The summed E-state index contributed by atoms with van der Waals surface area (Å²) >= 11 is 0. The molecule has 1 aliphatic heterocycles. The fourth-order valence-electron chi connectivity index (χ4n) is 4.09. The van der Waals surface area contributed by atoms with Crippen molar-refractivity contribution in [1.82, 2.24) is 15.2 Å². The zero-order valence-electron chi connectivity index (χ0n) is 22.4. The monoisotopic (exact) mass is 556 g/mol. The van der Waals surface area contributed by atoms with Crippen LogP contribution >= 0.6 is 0 Å². The van der Waals surface area contributed by atoms with Gasteiger partial charge in [-0.15, -0.1) is 0 Å². The van der Waals surface area contributed by atoms with Crippen LogP contribution in [0.1, 0.15) is 32.9 Å². The molecule has 1 aromatic rings. The first-order valence-electron chi connectivity index (χ1n) is 12.1. The molecule has 0 aliphatic carbocycles. The number of hydrogen-bond acceptors (Lipinski definition) is 7. The second kappa shape index (κ2) is 13.3. The van der Waals surface area contributed by atoms with Gasteiger partial charge in [-0.25, -0.2) is 13.8 Å². The summed E-state index contributed by atoms with van der Waals surface area (Å²) < 4.78 is 73.4. The third-order valence-electron chi connectivity index (χ3n) is 6.11. The van der Waals surface area contributed by atoms with Gasteiger partial charge in [0.25, 0.3) is 11.8 Å². The molecule has 214 valence electrons. The topological polar surface area (TPSA) is 105 Å². The Morgan fingerprint density at radius 1 is 1.28 bits per heavy atom. The smallest absolute Gasteiger partial charge is 0.417 e. The van der Waals surface area contributed by atoms with E-state index in [1.165, 1.54) is 39.6 Å². The first-order chi connectivity index (χ1) is 18.3. The Hall–Kier alpha value is -3.77. The number of ether oxygens (including phenoxy) is 1. The summed E-state index contributed by atoms with van der Waals surface area (Å²) in [5.41, 5.74) is 5.36. The second-order valence-corrected chi connectivity index (χ2v) is 8.89. The Bertz CT molecular complexity index is 1160. The molecule has 2 unspecified atom stereocenters. The molecule has 1 aromatic heterocycles. The van der Waals surface area contributed by atoms with E-state index in [0.717, 1.165) is 11.0 Å². The van der Waals surface area contributed by atoms with Crippen molar-refractivity contribution in [2.24, 2.45) is 21.6 Å². The van der Waals surface area contributed by atoms with Crippen molar-refractivity contribution >= 4 is 23.9 Å². The van der Waals surface area contributed by atoms with E-state index in [1.807, 2.05) is 0 Å². The van der Waals surface area contributed by atoms with Crippen LogP contribution in [-0.2, 0) is 4.79 Å². The van der Waals surface area contributed by atoms with Crippen molar-refractivity contribution in [2.45, 2.75) is 45.3 Å². The van der Waals surface area contributed by atoms with Gasteiger partial charge >= 0.3 is 6.18 Å². The van der Waals surface area contributed by atoms with E-state index in [1.54, 1.807) is 26.0 Å². The van der Waals surface area contributed by atoms with E-state index in [9.17, 15) is 26.7 Å². The van der Waals surface area contributed by atoms with Gasteiger partial charge in [-0.05, 0) is 38.0 Å². The zero-order chi connectivity index (χ0) is 29.4. The molecule has 0 aromatic carbocycles. The third kappa shape index (κ3) is 8.36. The minimum absolute atomic E-state index is 0.0531. The number of rotatable bonds is 9. The van der Waals surface area contributed by atoms with E-state index < -0.39 is 48.5 Å². The van der Waals surface area contributed by atoms with Gasteiger partial charge in [-0.1, -0.05) is 13.0 Å². The maximum atomic E-state index is 14.6. The van der Waals surface area contributed by atoms with Crippen LogP contribution in [0.3, 0.4) is 0 Å². The van der Waals surface area contributed by atoms with Crippen LogP contribution in [0.25, 0.3) is 5.57 Å². The largest absolute Gasteiger partial charge is 0.495 e. The number of aromatic nitrogens is 1. The van der Waals surface area contributed by atoms with E-state index in [4.69, 9.17) is 10.5 Å². The first-order valence-corrected chi connectivity index (χ1v) is 12.1. The molecular formula is C26H33F5N6O2. The van der Waals surface area contributed by atoms with Gasteiger partial charge in [-0.3, -0.25) is 14.8 Å².